The minimum Gasteiger partial charge on any atom is -0.316 e. The molecule has 1 aromatic heterocycles. The van der Waals surface area contributed by atoms with E-state index in [1.807, 2.05) is 6.20 Å². The van der Waals surface area contributed by atoms with Crippen molar-refractivity contribution in [1.29, 1.82) is 0 Å². The van der Waals surface area contributed by atoms with Crippen LogP contribution in [0, 0.1) is 5.92 Å². The Kier molecular flexibility index (Phi) is 4.71. The smallest absolute Gasteiger partial charge is 0.0648 e. The molecule has 1 aliphatic rings. The zero-order valence-electron chi connectivity index (χ0n) is 12.8. The molecule has 2 aromatic rings. The Morgan fingerprint density at radius 3 is 2.86 bits per heavy atom. The van der Waals surface area contributed by atoms with Gasteiger partial charge in [-0.2, -0.15) is 5.10 Å². The van der Waals surface area contributed by atoms with Gasteiger partial charge in [0.15, 0.2) is 0 Å². The first-order valence-electron chi connectivity index (χ1n) is 8.20. The van der Waals surface area contributed by atoms with Gasteiger partial charge in [-0.05, 0) is 56.5 Å². The van der Waals surface area contributed by atoms with Gasteiger partial charge in [0.2, 0.25) is 0 Å². The highest BCUT2D eigenvalue weighted by Crippen LogP contribution is 2.39. The number of aromatic nitrogens is 2. The van der Waals surface area contributed by atoms with E-state index >= 15 is 0 Å². The molecule has 1 saturated carbocycles. The molecule has 112 valence electrons. The average Bonchev–Trinajstić information content (AvgIpc) is 3.16. The summed E-state index contributed by atoms with van der Waals surface area (Å²) < 4.78 is 2.13. The van der Waals surface area contributed by atoms with E-state index in [4.69, 9.17) is 0 Å². The molecule has 2 atom stereocenters. The van der Waals surface area contributed by atoms with Crippen LogP contribution in [0.4, 0.5) is 0 Å². The highest BCUT2D eigenvalue weighted by Gasteiger charge is 2.30. The molecule has 21 heavy (non-hydrogen) atoms. The van der Waals surface area contributed by atoms with Crippen LogP contribution in [0.1, 0.15) is 44.2 Å². The highest BCUT2D eigenvalue weighted by atomic mass is 15.3. The molecule has 0 saturated heterocycles. The molecular weight excluding hydrogens is 258 g/mol. The minimum atomic E-state index is 0.636. The summed E-state index contributed by atoms with van der Waals surface area (Å²) in [5, 5.41) is 8.16. The van der Waals surface area contributed by atoms with Crippen molar-refractivity contribution in [3.63, 3.8) is 0 Å². The van der Waals surface area contributed by atoms with Gasteiger partial charge in [0.1, 0.15) is 0 Å². The largest absolute Gasteiger partial charge is 0.316 e. The molecule has 3 rings (SSSR count). The van der Waals surface area contributed by atoms with Gasteiger partial charge in [-0.25, -0.2) is 4.68 Å². The van der Waals surface area contributed by atoms with Crippen molar-refractivity contribution in [2.45, 2.75) is 38.5 Å². The van der Waals surface area contributed by atoms with Crippen LogP contribution < -0.4 is 5.32 Å². The predicted molar refractivity (Wildman–Crippen MR) is 86.8 cm³/mol. The lowest BCUT2D eigenvalue weighted by atomic mass is 9.92. The van der Waals surface area contributed by atoms with Crippen LogP contribution in [0.25, 0.3) is 5.69 Å². The second kappa shape index (κ2) is 6.90. The Morgan fingerprint density at radius 1 is 1.19 bits per heavy atom. The van der Waals surface area contributed by atoms with Crippen molar-refractivity contribution in [3.8, 4) is 5.69 Å². The normalized spacial score (nSPS) is 21.8. The summed E-state index contributed by atoms with van der Waals surface area (Å²) in [7, 11) is 0. The predicted octanol–water partition coefficient (Wildman–Crippen LogP) is 3.76. The Balaban J connectivity index is 1.79. The summed E-state index contributed by atoms with van der Waals surface area (Å²) in [5.41, 5.74) is 2.55. The minimum absolute atomic E-state index is 0.636. The zero-order valence-corrected chi connectivity index (χ0v) is 12.8. The molecule has 0 spiro atoms. The summed E-state index contributed by atoms with van der Waals surface area (Å²) >= 11 is 0. The van der Waals surface area contributed by atoms with E-state index in [0.29, 0.717) is 5.92 Å². The second-order valence-electron chi connectivity index (χ2n) is 6.01. The van der Waals surface area contributed by atoms with Crippen LogP contribution in [-0.2, 0) is 0 Å². The van der Waals surface area contributed by atoms with Gasteiger partial charge in [0.05, 0.1) is 5.69 Å². The summed E-state index contributed by atoms with van der Waals surface area (Å²) in [6, 6.07) is 12.7. The number of para-hydroxylation sites is 1. The van der Waals surface area contributed by atoms with Gasteiger partial charge in [-0.15, -0.1) is 0 Å². The van der Waals surface area contributed by atoms with Gasteiger partial charge in [0, 0.05) is 17.8 Å². The SMILES string of the molecule is CCCNCC1CCCC1c1ccnn1-c1ccccc1. The topological polar surface area (TPSA) is 29.9 Å². The molecule has 0 radical (unpaired) electrons. The lowest BCUT2D eigenvalue weighted by Gasteiger charge is -2.21. The fourth-order valence-electron chi connectivity index (χ4n) is 3.51. The molecule has 1 aliphatic carbocycles. The standard InChI is InChI=1S/C18H25N3/c1-2-12-19-14-15-7-6-10-17(15)18-11-13-20-21(18)16-8-4-3-5-9-16/h3-5,8-9,11,13,15,17,19H,2,6-7,10,12,14H2,1H3. The van der Waals surface area contributed by atoms with E-state index in [1.165, 1.54) is 37.1 Å². The summed E-state index contributed by atoms with van der Waals surface area (Å²) in [5.74, 6) is 1.38. The molecule has 0 bridgehead atoms. The second-order valence-corrected chi connectivity index (χ2v) is 6.01. The Morgan fingerprint density at radius 2 is 2.05 bits per heavy atom. The van der Waals surface area contributed by atoms with Crippen LogP contribution in [0.15, 0.2) is 42.6 Å². The van der Waals surface area contributed by atoms with Crippen molar-refractivity contribution >= 4 is 0 Å². The van der Waals surface area contributed by atoms with Crippen molar-refractivity contribution in [1.82, 2.24) is 15.1 Å². The molecule has 1 N–H and O–H groups in total. The third-order valence-corrected chi connectivity index (χ3v) is 4.55. The first-order chi connectivity index (χ1) is 10.4. The maximum atomic E-state index is 4.56. The van der Waals surface area contributed by atoms with Gasteiger partial charge in [-0.1, -0.05) is 31.5 Å². The first kappa shape index (κ1) is 14.3. The van der Waals surface area contributed by atoms with Crippen LogP contribution in [0.5, 0.6) is 0 Å². The molecule has 0 amide bonds. The fourth-order valence-corrected chi connectivity index (χ4v) is 3.51. The van der Waals surface area contributed by atoms with Gasteiger partial charge in [0.25, 0.3) is 0 Å². The number of nitrogens with one attached hydrogen (secondary N) is 1. The third kappa shape index (κ3) is 3.18. The number of hydrogen-bond donors (Lipinski definition) is 1. The Hall–Kier alpha value is -1.61. The van der Waals surface area contributed by atoms with E-state index in [-0.39, 0.29) is 0 Å². The van der Waals surface area contributed by atoms with E-state index < -0.39 is 0 Å². The van der Waals surface area contributed by atoms with Gasteiger partial charge in [-0.3, -0.25) is 0 Å². The van der Waals surface area contributed by atoms with Crippen molar-refractivity contribution < 1.29 is 0 Å². The Labute approximate surface area is 127 Å². The first-order valence-corrected chi connectivity index (χ1v) is 8.20. The van der Waals surface area contributed by atoms with Crippen LogP contribution in [0.3, 0.4) is 0 Å². The molecule has 1 aromatic carbocycles. The van der Waals surface area contributed by atoms with Gasteiger partial charge >= 0.3 is 0 Å². The van der Waals surface area contributed by atoms with Crippen molar-refractivity contribution in [2.75, 3.05) is 13.1 Å². The highest BCUT2D eigenvalue weighted by molar-refractivity contribution is 5.33. The van der Waals surface area contributed by atoms with Gasteiger partial charge < -0.3 is 5.32 Å². The molecule has 1 fully saturated rings. The van der Waals surface area contributed by atoms with Crippen molar-refractivity contribution in [2.24, 2.45) is 5.92 Å². The fraction of sp³-hybridized carbons (Fsp3) is 0.500. The molecule has 1 heterocycles. The number of hydrogen-bond acceptors (Lipinski definition) is 2. The summed E-state index contributed by atoms with van der Waals surface area (Å²) in [6.07, 6.45) is 7.11. The van der Waals surface area contributed by atoms with Crippen LogP contribution >= 0.6 is 0 Å². The Bertz CT molecular complexity index is 547. The third-order valence-electron chi connectivity index (χ3n) is 4.55. The molecule has 3 heteroatoms. The van der Waals surface area contributed by atoms with E-state index in [9.17, 15) is 0 Å². The molecule has 2 unspecified atom stereocenters. The average molecular weight is 283 g/mol. The zero-order chi connectivity index (χ0) is 14.5. The maximum Gasteiger partial charge on any atom is 0.0648 e. The monoisotopic (exact) mass is 283 g/mol. The van der Waals surface area contributed by atoms with Crippen LogP contribution in [0.2, 0.25) is 0 Å². The number of benzene rings is 1. The van der Waals surface area contributed by atoms with Crippen LogP contribution in [-0.4, -0.2) is 22.9 Å². The van der Waals surface area contributed by atoms with E-state index in [2.05, 4.69) is 58.4 Å². The summed E-state index contributed by atoms with van der Waals surface area (Å²) in [6.45, 7) is 4.49. The van der Waals surface area contributed by atoms with E-state index in [1.54, 1.807) is 0 Å². The molecule has 3 nitrogen and oxygen atoms in total. The lowest BCUT2D eigenvalue weighted by Crippen LogP contribution is -2.26. The van der Waals surface area contributed by atoms with Crippen molar-refractivity contribution in [3.05, 3.63) is 48.3 Å². The number of rotatable bonds is 6. The molecule has 0 aliphatic heterocycles. The molecular formula is C18H25N3. The number of nitrogens with zero attached hydrogens (tertiary/aromatic N) is 2. The summed E-state index contributed by atoms with van der Waals surface area (Å²) in [4.78, 5) is 0. The van der Waals surface area contributed by atoms with E-state index in [0.717, 1.165) is 19.0 Å². The maximum absolute atomic E-state index is 4.56. The lowest BCUT2D eigenvalue weighted by molar-refractivity contribution is 0.433. The quantitative estimate of drug-likeness (QED) is 0.818.